The zero-order valence-corrected chi connectivity index (χ0v) is 12.4. The second kappa shape index (κ2) is 6.88. The smallest absolute Gasteiger partial charge is 0.271 e. The lowest BCUT2D eigenvalue weighted by molar-refractivity contribution is 0.0995. The van der Waals surface area contributed by atoms with E-state index in [1.54, 1.807) is 11.6 Å². The topological polar surface area (TPSA) is 83.0 Å². The van der Waals surface area contributed by atoms with Gasteiger partial charge in [-0.25, -0.2) is 4.68 Å². The number of benzene rings is 1. The lowest BCUT2D eigenvalue weighted by atomic mass is 10.2. The number of primary amides is 1. The third-order valence-electron chi connectivity index (χ3n) is 3.27. The molecule has 6 nitrogen and oxygen atoms in total. The molecule has 0 spiro atoms. The number of hydrogen-bond donors (Lipinski definition) is 1. The van der Waals surface area contributed by atoms with Gasteiger partial charge in [-0.15, -0.1) is 5.10 Å². The molecule has 2 rings (SSSR count). The van der Waals surface area contributed by atoms with Crippen molar-refractivity contribution in [3.63, 3.8) is 0 Å². The third kappa shape index (κ3) is 4.05. The van der Waals surface area contributed by atoms with Gasteiger partial charge in [0.05, 0.1) is 12.3 Å². The summed E-state index contributed by atoms with van der Waals surface area (Å²) in [5, 5.41) is 7.70. The lowest BCUT2D eigenvalue weighted by Crippen LogP contribution is -2.13. The Labute approximate surface area is 123 Å². The molecule has 0 bridgehead atoms. The number of nitrogens with zero attached hydrogens (tertiary/aromatic N) is 3. The summed E-state index contributed by atoms with van der Waals surface area (Å²) in [6, 6.07) is 7.99. The van der Waals surface area contributed by atoms with E-state index in [0.29, 0.717) is 18.8 Å². The van der Waals surface area contributed by atoms with E-state index in [0.717, 1.165) is 18.6 Å². The molecule has 0 radical (unpaired) electrons. The van der Waals surface area contributed by atoms with Crippen LogP contribution in [0.4, 0.5) is 0 Å². The zero-order chi connectivity index (χ0) is 15.2. The highest BCUT2D eigenvalue weighted by atomic mass is 16.5. The van der Waals surface area contributed by atoms with Crippen LogP contribution in [0.5, 0.6) is 5.75 Å². The molecular formula is C15H20N4O2. The molecule has 21 heavy (non-hydrogen) atoms. The molecule has 0 unspecified atom stereocenters. The summed E-state index contributed by atoms with van der Waals surface area (Å²) in [5.74, 6) is 0.343. The summed E-state index contributed by atoms with van der Waals surface area (Å²) in [4.78, 5) is 11.1. The maximum absolute atomic E-state index is 11.1. The first kappa shape index (κ1) is 15.0. The molecule has 112 valence electrons. The number of carbonyl (C=O) groups excluding carboxylic acids is 1. The first-order valence-electron chi connectivity index (χ1n) is 6.97. The lowest BCUT2D eigenvalue weighted by Gasteiger charge is -2.07. The zero-order valence-electron chi connectivity index (χ0n) is 12.4. The van der Waals surface area contributed by atoms with E-state index in [9.17, 15) is 4.79 Å². The van der Waals surface area contributed by atoms with Crippen LogP contribution < -0.4 is 10.5 Å². The highest BCUT2D eigenvalue weighted by Crippen LogP contribution is 2.12. The second-order valence-electron chi connectivity index (χ2n) is 4.98. The Hall–Kier alpha value is -2.37. The molecular weight excluding hydrogens is 268 g/mol. The van der Waals surface area contributed by atoms with Crippen LogP contribution in [0.2, 0.25) is 0 Å². The molecule has 1 aromatic carbocycles. The van der Waals surface area contributed by atoms with Gasteiger partial charge in [-0.1, -0.05) is 22.9 Å². The van der Waals surface area contributed by atoms with Gasteiger partial charge in [-0.05, 0) is 38.8 Å². The Morgan fingerprint density at radius 1 is 1.24 bits per heavy atom. The number of rotatable bonds is 7. The van der Waals surface area contributed by atoms with Gasteiger partial charge in [0.25, 0.3) is 5.91 Å². The second-order valence-corrected chi connectivity index (χ2v) is 4.98. The number of carbonyl (C=O) groups is 1. The largest absolute Gasteiger partial charge is 0.494 e. The van der Waals surface area contributed by atoms with Crippen LogP contribution in [-0.4, -0.2) is 27.5 Å². The molecule has 0 fully saturated rings. The maximum Gasteiger partial charge on any atom is 0.271 e. The number of hydrogen-bond acceptors (Lipinski definition) is 4. The van der Waals surface area contributed by atoms with Crippen molar-refractivity contribution in [3.8, 4) is 5.75 Å². The number of ether oxygens (including phenoxy) is 1. The molecule has 1 aromatic heterocycles. The van der Waals surface area contributed by atoms with Crippen LogP contribution in [0.1, 0.15) is 34.6 Å². The monoisotopic (exact) mass is 288 g/mol. The Balaban J connectivity index is 1.72. The van der Waals surface area contributed by atoms with Crippen LogP contribution in [0.15, 0.2) is 24.3 Å². The van der Waals surface area contributed by atoms with E-state index in [4.69, 9.17) is 10.5 Å². The SMILES string of the molecule is Cc1ccc(OCCCCn2nnc(C(N)=O)c2C)cc1. The van der Waals surface area contributed by atoms with Crippen LogP contribution in [0.3, 0.4) is 0 Å². The van der Waals surface area contributed by atoms with Gasteiger partial charge in [-0.3, -0.25) is 4.79 Å². The highest BCUT2D eigenvalue weighted by molar-refractivity contribution is 5.91. The van der Waals surface area contributed by atoms with Gasteiger partial charge in [0.15, 0.2) is 5.69 Å². The number of unbranched alkanes of at least 4 members (excludes halogenated alkanes) is 1. The van der Waals surface area contributed by atoms with E-state index >= 15 is 0 Å². The van der Waals surface area contributed by atoms with E-state index < -0.39 is 5.91 Å². The maximum atomic E-state index is 11.1. The first-order chi connectivity index (χ1) is 10.1. The molecule has 0 saturated carbocycles. The number of amides is 1. The van der Waals surface area contributed by atoms with Crippen molar-refractivity contribution in [1.29, 1.82) is 0 Å². The Morgan fingerprint density at radius 3 is 2.57 bits per heavy atom. The van der Waals surface area contributed by atoms with Crippen molar-refractivity contribution in [1.82, 2.24) is 15.0 Å². The Bertz CT molecular complexity index is 605. The van der Waals surface area contributed by atoms with Gasteiger partial charge in [0.1, 0.15) is 5.75 Å². The van der Waals surface area contributed by atoms with Gasteiger partial charge < -0.3 is 10.5 Å². The minimum absolute atomic E-state index is 0.242. The minimum atomic E-state index is -0.540. The highest BCUT2D eigenvalue weighted by Gasteiger charge is 2.12. The Morgan fingerprint density at radius 2 is 1.95 bits per heavy atom. The summed E-state index contributed by atoms with van der Waals surface area (Å²) in [7, 11) is 0. The average Bonchev–Trinajstić information content (AvgIpc) is 2.82. The fourth-order valence-electron chi connectivity index (χ4n) is 1.99. The summed E-state index contributed by atoms with van der Waals surface area (Å²) in [6.45, 7) is 5.19. The van der Waals surface area contributed by atoms with Crippen molar-refractivity contribution >= 4 is 5.91 Å². The minimum Gasteiger partial charge on any atom is -0.494 e. The van der Waals surface area contributed by atoms with Gasteiger partial charge in [0, 0.05) is 6.54 Å². The van der Waals surface area contributed by atoms with Crippen molar-refractivity contribution in [2.75, 3.05) is 6.61 Å². The average molecular weight is 288 g/mol. The van der Waals surface area contributed by atoms with Gasteiger partial charge in [-0.2, -0.15) is 0 Å². The predicted molar refractivity (Wildman–Crippen MR) is 79.2 cm³/mol. The fourth-order valence-corrected chi connectivity index (χ4v) is 1.99. The van der Waals surface area contributed by atoms with Gasteiger partial charge >= 0.3 is 0 Å². The third-order valence-corrected chi connectivity index (χ3v) is 3.27. The predicted octanol–water partition coefficient (Wildman–Crippen LogP) is 1.85. The van der Waals surface area contributed by atoms with E-state index in [1.807, 2.05) is 31.2 Å². The molecule has 2 aromatic rings. The quantitative estimate of drug-likeness (QED) is 0.788. The molecule has 0 atom stereocenters. The van der Waals surface area contributed by atoms with Crippen molar-refractivity contribution in [2.24, 2.45) is 5.73 Å². The molecule has 2 N–H and O–H groups in total. The molecule has 6 heteroatoms. The van der Waals surface area contributed by atoms with Crippen LogP contribution in [0, 0.1) is 13.8 Å². The molecule has 0 saturated heterocycles. The van der Waals surface area contributed by atoms with Crippen molar-refractivity contribution < 1.29 is 9.53 Å². The van der Waals surface area contributed by atoms with E-state index in [-0.39, 0.29) is 5.69 Å². The molecule has 1 amide bonds. The summed E-state index contributed by atoms with van der Waals surface area (Å²) >= 11 is 0. The number of aryl methyl sites for hydroxylation is 2. The van der Waals surface area contributed by atoms with Crippen molar-refractivity contribution in [3.05, 3.63) is 41.2 Å². The van der Waals surface area contributed by atoms with Crippen molar-refractivity contribution in [2.45, 2.75) is 33.2 Å². The van der Waals surface area contributed by atoms with E-state index in [2.05, 4.69) is 10.3 Å². The van der Waals surface area contributed by atoms with Crippen LogP contribution in [-0.2, 0) is 6.54 Å². The van der Waals surface area contributed by atoms with E-state index in [1.165, 1.54) is 5.56 Å². The normalized spacial score (nSPS) is 10.6. The number of aromatic nitrogens is 3. The Kier molecular flexibility index (Phi) is 4.92. The standard InChI is InChI=1S/C15H20N4O2/c1-11-5-7-13(8-6-11)21-10-4-3-9-19-12(2)14(15(16)20)17-18-19/h5-8H,3-4,9-10H2,1-2H3,(H2,16,20). The summed E-state index contributed by atoms with van der Waals surface area (Å²) in [5.41, 5.74) is 7.37. The molecule has 0 aliphatic carbocycles. The summed E-state index contributed by atoms with van der Waals surface area (Å²) < 4.78 is 7.35. The number of nitrogens with two attached hydrogens (primary N) is 1. The van der Waals surface area contributed by atoms with Crippen LogP contribution in [0.25, 0.3) is 0 Å². The first-order valence-corrected chi connectivity index (χ1v) is 6.97. The molecule has 0 aliphatic rings. The fraction of sp³-hybridized carbons (Fsp3) is 0.400. The van der Waals surface area contributed by atoms with Gasteiger partial charge in [0.2, 0.25) is 0 Å². The summed E-state index contributed by atoms with van der Waals surface area (Å²) in [6.07, 6.45) is 1.80. The molecule has 1 heterocycles. The molecule has 0 aliphatic heterocycles. The van der Waals surface area contributed by atoms with Crippen LogP contribution >= 0.6 is 0 Å².